The first-order valence-corrected chi connectivity index (χ1v) is 8.19. The van der Waals surface area contributed by atoms with Gasteiger partial charge in [-0.25, -0.2) is 18.6 Å². The van der Waals surface area contributed by atoms with Crippen LogP contribution in [0, 0.1) is 11.6 Å². The van der Waals surface area contributed by atoms with Gasteiger partial charge in [-0.1, -0.05) is 29.8 Å². The van der Waals surface area contributed by atoms with Gasteiger partial charge in [-0.15, -0.1) is 0 Å². The smallest absolute Gasteiger partial charge is 0.379 e. The van der Waals surface area contributed by atoms with Crippen LogP contribution in [-0.4, -0.2) is 23.3 Å². The van der Waals surface area contributed by atoms with Crippen molar-refractivity contribution in [2.75, 3.05) is 6.61 Å². The molecule has 0 aliphatic rings. The van der Waals surface area contributed by atoms with Crippen LogP contribution in [0.4, 0.5) is 8.78 Å². The van der Waals surface area contributed by atoms with Crippen molar-refractivity contribution in [1.82, 2.24) is 4.98 Å². The Balaban J connectivity index is 2.47. The lowest BCUT2D eigenvalue weighted by atomic mass is 9.95. The van der Waals surface area contributed by atoms with Crippen LogP contribution in [0.3, 0.4) is 0 Å². The molecule has 0 radical (unpaired) electrons. The summed E-state index contributed by atoms with van der Waals surface area (Å²) in [5, 5.41) is -0.103. The van der Waals surface area contributed by atoms with Gasteiger partial charge in [0.05, 0.1) is 6.61 Å². The monoisotopic (exact) mass is 399 g/mol. The molecular weight excluding hydrogens is 387 g/mol. The van der Waals surface area contributed by atoms with Crippen molar-refractivity contribution in [3.63, 3.8) is 0 Å². The first-order valence-electron chi connectivity index (χ1n) is 7.44. The Kier molecular flexibility index (Phi) is 6.45. The number of benzene rings is 1. The largest absolute Gasteiger partial charge is 0.460 e. The number of Topliss-reactive ketones (excluding diaryl/α,β-unsaturated/α-hetero) is 1. The first-order chi connectivity index (χ1) is 12.2. The third-order valence-electron chi connectivity index (χ3n) is 3.44. The van der Waals surface area contributed by atoms with E-state index < -0.39 is 23.4 Å². The average Bonchev–Trinajstić information content (AvgIpc) is 2.56. The van der Waals surface area contributed by atoms with Gasteiger partial charge >= 0.3 is 5.97 Å². The van der Waals surface area contributed by atoms with Gasteiger partial charge in [-0.05, 0) is 30.7 Å². The Hall–Kier alpha value is -2.31. The molecule has 8 heteroatoms. The van der Waals surface area contributed by atoms with Gasteiger partial charge in [0.1, 0.15) is 21.9 Å². The first kappa shape index (κ1) is 20.0. The second-order valence-electron chi connectivity index (χ2n) is 5.22. The van der Waals surface area contributed by atoms with Gasteiger partial charge in [-0.3, -0.25) is 4.79 Å². The molecule has 0 unspecified atom stereocenters. The molecule has 0 saturated carbocycles. The van der Waals surface area contributed by atoms with Gasteiger partial charge in [-0.2, -0.15) is 0 Å². The maximum absolute atomic E-state index is 14.2. The van der Waals surface area contributed by atoms with Crippen molar-refractivity contribution in [2.45, 2.75) is 13.3 Å². The number of halogens is 4. The van der Waals surface area contributed by atoms with Crippen LogP contribution in [0.15, 0.2) is 36.4 Å². The molecule has 1 heterocycles. The number of hydrogen-bond donors (Lipinski definition) is 0. The zero-order valence-corrected chi connectivity index (χ0v) is 15.1. The van der Waals surface area contributed by atoms with Crippen molar-refractivity contribution in [3.05, 3.63) is 63.9 Å². The van der Waals surface area contributed by atoms with Crippen LogP contribution in [0.5, 0.6) is 0 Å². The Morgan fingerprint density at radius 1 is 1.19 bits per heavy atom. The standard InChI is InChI=1S/C18H13Cl2F2NO3/c1-3-26-18(25)16(24)9(2)6-13-12(8-15(19)23-17(13)20)11-5-4-10(21)7-14(11)22/h4-5,7-8H,2-3,6H2,1H3. The van der Waals surface area contributed by atoms with E-state index in [4.69, 9.17) is 23.2 Å². The zero-order valence-electron chi connectivity index (χ0n) is 13.6. The van der Waals surface area contributed by atoms with E-state index in [-0.39, 0.29) is 45.6 Å². The molecule has 0 amide bonds. The van der Waals surface area contributed by atoms with E-state index in [9.17, 15) is 18.4 Å². The predicted octanol–water partition coefficient (Wildman–Crippen LogP) is 4.56. The summed E-state index contributed by atoms with van der Waals surface area (Å²) in [6.07, 6.45) is -0.188. The molecule has 26 heavy (non-hydrogen) atoms. The van der Waals surface area contributed by atoms with E-state index in [1.807, 2.05) is 0 Å². The molecule has 2 aromatic rings. The van der Waals surface area contributed by atoms with E-state index >= 15 is 0 Å². The van der Waals surface area contributed by atoms with E-state index in [1.54, 1.807) is 6.92 Å². The van der Waals surface area contributed by atoms with E-state index in [1.165, 1.54) is 12.1 Å². The highest BCUT2D eigenvalue weighted by atomic mass is 35.5. The molecule has 0 saturated heterocycles. The molecule has 0 fully saturated rings. The Bertz CT molecular complexity index is 900. The summed E-state index contributed by atoms with van der Waals surface area (Å²) in [6, 6.07) is 4.33. The molecule has 136 valence electrons. The summed E-state index contributed by atoms with van der Waals surface area (Å²) >= 11 is 12.0. The van der Waals surface area contributed by atoms with Gasteiger partial charge < -0.3 is 4.74 Å². The molecule has 0 atom stereocenters. The highest BCUT2D eigenvalue weighted by Crippen LogP contribution is 2.34. The van der Waals surface area contributed by atoms with E-state index in [2.05, 4.69) is 16.3 Å². The second-order valence-corrected chi connectivity index (χ2v) is 5.96. The van der Waals surface area contributed by atoms with E-state index in [0.29, 0.717) is 6.07 Å². The number of pyridine rings is 1. The summed E-state index contributed by atoms with van der Waals surface area (Å²) in [5.74, 6) is -3.57. The van der Waals surface area contributed by atoms with Crippen LogP contribution < -0.4 is 0 Å². The fourth-order valence-corrected chi connectivity index (χ4v) is 2.76. The number of ketones is 1. The minimum Gasteiger partial charge on any atom is -0.460 e. The van der Waals surface area contributed by atoms with Gasteiger partial charge in [0, 0.05) is 29.2 Å². The van der Waals surface area contributed by atoms with Crippen molar-refractivity contribution in [2.24, 2.45) is 0 Å². The molecule has 4 nitrogen and oxygen atoms in total. The summed E-state index contributed by atoms with van der Waals surface area (Å²) in [5.41, 5.74) is 0.344. The lowest BCUT2D eigenvalue weighted by Crippen LogP contribution is -2.20. The highest BCUT2D eigenvalue weighted by Gasteiger charge is 2.23. The minimum absolute atomic E-state index is 0.0141. The molecular formula is C18H13Cl2F2NO3. The predicted molar refractivity (Wildman–Crippen MR) is 94.1 cm³/mol. The Labute approximate surface area is 158 Å². The topological polar surface area (TPSA) is 56.3 Å². The van der Waals surface area contributed by atoms with Crippen molar-refractivity contribution in [1.29, 1.82) is 0 Å². The lowest BCUT2D eigenvalue weighted by molar-refractivity contribution is -0.151. The van der Waals surface area contributed by atoms with Crippen LogP contribution in [0.2, 0.25) is 10.3 Å². The fraction of sp³-hybridized carbons (Fsp3) is 0.167. The lowest BCUT2D eigenvalue weighted by Gasteiger charge is -2.13. The van der Waals surface area contributed by atoms with Gasteiger partial charge in [0.15, 0.2) is 0 Å². The normalized spacial score (nSPS) is 10.5. The number of hydrogen-bond acceptors (Lipinski definition) is 4. The van der Waals surface area contributed by atoms with Gasteiger partial charge in [0.2, 0.25) is 0 Å². The summed E-state index contributed by atoms with van der Waals surface area (Å²) < 4.78 is 32.0. The second kappa shape index (κ2) is 8.38. The highest BCUT2D eigenvalue weighted by molar-refractivity contribution is 6.40. The Morgan fingerprint density at radius 2 is 1.88 bits per heavy atom. The molecule has 1 aromatic heterocycles. The number of carbonyl (C=O) groups excluding carboxylic acids is 2. The number of rotatable bonds is 6. The summed E-state index contributed by atoms with van der Waals surface area (Å²) in [4.78, 5) is 27.4. The molecule has 1 aromatic carbocycles. The van der Waals surface area contributed by atoms with Crippen molar-refractivity contribution >= 4 is 35.0 Å². The van der Waals surface area contributed by atoms with Crippen molar-refractivity contribution in [3.8, 4) is 11.1 Å². The molecule has 2 rings (SSSR count). The average molecular weight is 400 g/mol. The zero-order chi connectivity index (χ0) is 19.4. The molecule has 0 aliphatic heterocycles. The molecule has 0 aliphatic carbocycles. The van der Waals surface area contributed by atoms with Crippen LogP contribution in [0.25, 0.3) is 11.1 Å². The van der Waals surface area contributed by atoms with Crippen LogP contribution in [-0.2, 0) is 20.7 Å². The number of carbonyl (C=O) groups is 2. The number of aromatic nitrogens is 1. The minimum atomic E-state index is -1.05. The Morgan fingerprint density at radius 3 is 2.50 bits per heavy atom. The SMILES string of the molecule is C=C(Cc1c(-c2ccc(F)cc2F)cc(Cl)nc1Cl)C(=O)C(=O)OCC. The molecule has 0 spiro atoms. The fourth-order valence-electron chi connectivity index (χ4n) is 2.26. The number of esters is 1. The third kappa shape index (κ3) is 4.45. The quantitative estimate of drug-likeness (QED) is 0.309. The van der Waals surface area contributed by atoms with Crippen LogP contribution in [0.1, 0.15) is 12.5 Å². The van der Waals surface area contributed by atoms with E-state index in [0.717, 1.165) is 6.07 Å². The molecule has 0 bridgehead atoms. The molecule has 0 N–H and O–H groups in total. The van der Waals surface area contributed by atoms with Gasteiger partial charge in [0.25, 0.3) is 5.78 Å². The number of nitrogens with zero attached hydrogens (tertiary/aromatic N) is 1. The summed E-state index contributed by atoms with van der Waals surface area (Å²) in [6.45, 7) is 5.16. The van der Waals surface area contributed by atoms with Crippen molar-refractivity contribution < 1.29 is 23.1 Å². The number of ether oxygens (including phenoxy) is 1. The summed E-state index contributed by atoms with van der Waals surface area (Å²) in [7, 11) is 0. The van der Waals surface area contributed by atoms with Crippen LogP contribution >= 0.6 is 23.2 Å². The maximum Gasteiger partial charge on any atom is 0.379 e. The maximum atomic E-state index is 14.2. The third-order valence-corrected chi connectivity index (χ3v) is 3.94.